The Morgan fingerprint density at radius 1 is 1.10 bits per heavy atom. The van der Waals surface area contributed by atoms with Gasteiger partial charge in [0, 0.05) is 25.2 Å². The summed E-state index contributed by atoms with van der Waals surface area (Å²) < 4.78 is 1.94. The number of amides is 1. The molecule has 0 bridgehead atoms. The molecule has 1 aromatic carbocycles. The Balaban J connectivity index is 0.00000171. The van der Waals surface area contributed by atoms with Gasteiger partial charge in [0.2, 0.25) is 0 Å². The number of carbonyl (C=O) groups excluding carboxylic acids is 1. The number of nitrogens with one attached hydrogen (secondary N) is 2. The molecule has 2 fully saturated rings. The quantitative estimate of drug-likeness (QED) is 0.703. The zero-order chi connectivity index (χ0) is 20.2. The summed E-state index contributed by atoms with van der Waals surface area (Å²) >= 11 is 0. The van der Waals surface area contributed by atoms with Gasteiger partial charge in [0.15, 0.2) is 5.69 Å². The first kappa shape index (κ1) is 25.6. The van der Waals surface area contributed by atoms with Gasteiger partial charge in [-0.1, -0.05) is 35.5 Å². The van der Waals surface area contributed by atoms with Crippen LogP contribution in [-0.4, -0.2) is 58.0 Å². The van der Waals surface area contributed by atoms with Crippen LogP contribution in [0.25, 0.3) is 0 Å². The fraction of sp³-hybridized carbons (Fsp3) is 0.591. The van der Waals surface area contributed by atoms with Gasteiger partial charge in [-0.25, -0.2) is 4.68 Å². The smallest absolute Gasteiger partial charge is 0.273 e. The number of nitrogens with zero attached hydrogens (tertiary/aromatic N) is 4. The minimum atomic E-state index is -0.0859. The number of hydrogen-bond acceptors (Lipinski definition) is 5. The highest BCUT2D eigenvalue weighted by Gasteiger charge is 2.27. The van der Waals surface area contributed by atoms with Crippen LogP contribution < -0.4 is 10.6 Å². The second-order valence-corrected chi connectivity index (χ2v) is 8.32. The number of aromatic nitrogens is 3. The fourth-order valence-corrected chi connectivity index (χ4v) is 4.58. The summed E-state index contributed by atoms with van der Waals surface area (Å²) in [6.07, 6.45) is 3.99. The summed E-state index contributed by atoms with van der Waals surface area (Å²) in [5, 5.41) is 15.1. The molecule has 0 spiro atoms. The van der Waals surface area contributed by atoms with Crippen LogP contribution in [0.15, 0.2) is 30.3 Å². The topological polar surface area (TPSA) is 75.1 Å². The summed E-state index contributed by atoms with van der Waals surface area (Å²) in [5.74, 6) is -0.0859. The lowest BCUT2D eigenvalue weighted by Gasteiger charge is -2.36. The van der Waals surface area contributed by atoms with Crippen LogP contribution >= 0.6 is 24.8 Å². The molecule has 9 heteroatoms. The van der Waals surface area contributed by atoms with Crippen molar-refractivity contribution < 1.29 is 4.79 Å². The van der Waals surface area contributed by atoms with E-state index in [2.05, 4.69) is 63.1 Å². The molecule has 1 amide bonds. The van der Waals surface area contributed by atoms with Gasteiger partial charge < -0.3 is 10.6 Å². The van der Waals surface area contributed by atoms with Crippen molar-refractivity contribution >= 4 is 30.7 Å². The van der Waals surface area contributed by atoms with Gasteiger partial charge >= 0.3 is 0 Å². The van der Waals surface area contributed by atoms with Crippen molar-refractivity contribution in [2.45, 2.75) is 57.7 Å². The molecular formula is C22H34Cl2N6O. The van der Waals surface area contributed by atoms with E-state index in [9.17, 15) is 4.79 Å². The number of carbonyl (C=O) groups is 1. The summed E-state index contributed by atoms with van der Waals surface area (Å²) in [5.41, 5.74) is 2.70. The van der Waals surface area contributed by atoms with Crippen LogP contribution in [-0.2, 0) is 0 Å². The molecule has 2 aromatic rings. The van der Waals surface area contributed by atoms with Crippen molar-refractivity contribution in [1.82, 2.24) is 30.5 Å². The number of rotatable bonds is 5. The fourth-order valence-electron chi connectivity index (χ4n) is 4.58. The van der Waals surface area contributed by atoms with E-state index < -0.39 is 0 Å². The van der Waals surface area contributed by atoms with Crippen molar-refractivity contribution in [3.05, 3.63) is 47.3 Å². The molecule has 1 aromatic heterocycles. The van der Waals surface area contributed by atoms with Crippen LogP contribution in [0.5, 0.6) is 0 Å². The second-order valence-electron chi connectivity index (χ2n) is 8.32. The van der Waals surface area contributed by atoms with Gasteiger partial charge in [-0.05, 0) is 58.2 Å². The van der Waals surface area contributed by atoms with E-state index in [1.165, 1.54) is 5.56 Å². The lowest BCUT2D eigenvalue weighted by atomic mass is 10.00. The summed E-state index contributed by atoms with van der Waals surface area (Å²) in [6, 6.07) is 11.6. The first-order valence-electron chi connectivity index (χ1n) is 10.9. The number of benzene rings is 1. The average molecular weight is 469 g/mol. The van der Waals surface area contributed by atoms with Crippen molar-refractivity contribution in [2.24, 2.45) is 0 Å². The molecule has 0 radical (unpaired) electrons. The Bertz CT molecular complexity index is 817. The molecule has 7 nitrogen and oxygen atoms in total. The molecule has 0 saturated carbocycles. The standard InChI is InChI=1S/C22H32N6O.2ClH/c1-16(18-6-4-3-5-7-18)27-14-10-19(11-15-27)24-22(29)21-17(2)28(26-25-21)20-8-12-23-13-9-20;;/h3-7,16,19-20,23H,8-15H2,1-2H3,(H,24,29);2*1H. The second kappa shape index (κ2) is 11.8. The third kappa shape index (κ3) is 5.98. The molecule has 1 atom stereocenters. The molecule has 0 aliphatic carbocycles. The molecule has 31 heavy (non-hydrogen) atoms. The molecule has 1 unspecified atom stereocenters. The van der Waals surface area contributed by atoms with Gasteiger partial charge in [-0.2, -0.15) is 0 Å². The maximum atomic E-state index is 12.8. The maximum absolute atomic E-state index is 12.8. The van der Waals surface area contributed by atoms with E-state index in [1.54, 1.807) is 0 Å². The SMILES string of the molecule is Cc1c(C(=O)NC2CCN(C(C)c3ccccc3)CC2)nnn1C1CCNCC1.Cl.Cl. The van der Waals surface area contributed by atoms with Crippen molar-refractivity contribution in [3.63, 3.8) is 0 Å². The minimum Gasteiger partial charge on any atom is -0.348 e. The van der Waals surface area contributed by atoms with Gasteiger partial charge in [0.1, 0.15) is 0 Å². The Morgan fingerprint density at radius 3 is 2.39 bits per heavy atom. The molecular weight excluding hydrogens is 435 g/mol. The van der Waals surface area contributed by atoms with Gasteiger partial charge in [0.25, 0.3) is 5.91 Å². The predicted octanol–water partition coefficient (Wildman–Crippen LogP) is 3.31. The third-order valence-electron chi connectivity index (χ3n) is 6.49. The van der Waals surface area contributed by atoms with Crippen molar-refractivity contribution in [1.29, 1.82) is 0 Å². The highest BCUT2D eigenvalue weighted by Crippen LogP contribution is 2.24. The zero-order valence-electron chi connectivity index (χ0n) is 18.3. The lowest BCUT2D eigenvalue weighted by molar-refractivity contribution is 0.0890. The van der Waals surface area contributed by atoms with Crippen LogP contribution in [0.3, 0.4) is 0 Å². The predicted molar refractivity (Wildman–Crippen MR) is 127 cm³/mol. The first-order valence-corrected chi connectivity index (χ1v) is 10.9. The molecule has 2 N–H and O–H groups in total. The Morgan fingerprint density at radius 2 is 1.74 bits per heavy atom. The van der Waals surface area contributed by atoms with E-state index in [0.29, 0.717) is 17.8 Å². The van der Waals surface area contributed by atoms with E-state index in [4.69, 9.17) is 0 Å². The van der Waals surface area contributed by atoms with Crippen LogP contribution in [0.1, 0.15) is 66.4 Å². The van der Waals surface area contributed by atoms with Crippen LogP contribution in [0.2, 0.25) is 0 Å². The average Bonchev–Trinajstić information content (AvgIpc) is 3.16. The Hall–Kier alpha value is -1.67. The van der Waals surface area contributed by atoms with Crippen molar-refractivity contribution in [3.8, 4) is 0 Å². The van der Waals surface area contributed by atoms with Gasteiger partial charge in [-0.15, -0.1) is 29.9 Å². The molecule has 2 aliphatic rings. The normalized spacial score (nSPS) is 19.2. The molecule has 2 aliphatic heterocycles. The van der Waals surface area contributed by atoms with E-state index in [-0.39, 0.29) is 36.8 Å². The Labute approximate surface area is 197 Å². The van der Waals surface area contributed by atoms with Crippen molar-refractivity contribution in [2.75, 3.05) is 26.2 Å². The molecule has 2 saturated heterocycles. The number of hydrogen-bond donors (Lipinski definition) is 2. The van der Waals surface area contributed by atoms with Gasteiger partial charge in [0.05, 0.1) is 11.7 Å². The molecule has 172 valence electrons. The highest BCUT2D eigenvalue weighted by atomic mass is 35.5. The Kier molecular flexibility index (Phi) is 9.75. The maximum Gasteiger partial charge on any atom is 0.273 e. The van der Waals surface area contributed by atoms with E-state index in [0.717, 1.165) is 57.6 Å². The van der Waals surface area contributed by atoms with Crippen LogP contribution in [0.4, 0.5) is 0 Å². The van der Waals surface area contributed by atoms with Crippen LogP contribution in [0, 0.1) is 6.92 Å². The summed E-state index contributed by atoms with van der Waals surface area (Å²) in [7, 11) is 0. The monoisotopic (exact) mass is 468 g/mol. The van der Waals surface area contributed by atoms with E-state index >= 15 is 0 Å². The summed E-state index contributed by atoms with van der Waals surface area (Å²) in [6.45, 7) is 8.18. The zero-order valence-corrected chi connectivity index (χ0v) is 19.9. The minimum absolute atomic E-state index is 0. The highest BCUT2D eigenvalue weighted by molar-refractivity contribution is 5.93. The number of halogens is 2. The molecule has 3 heterocycles. The number of piperidine rings is 2. The van der Waals surface area contributed by atoms with Gasteiger partial charge in [-0.3, -0.25) is 9.69 Å². The third-order valence-corrected chi connectivity index (χ3v) is 6.49. The number of likely N-dealkylation sites (tertiary alicyclic amines) is 1. The summed E-state index contributed by atoms with van der Waals surface area (Å²) in [4.78, 5) is 15.3. The lowest BCUT2D eigenvalue weighted by Crippen LogP contribution is -2.45. The van der Waals surface area contributed by atoms with E-state index in [1.807, 2.05) is 11.6 Å². The first-order chi connectivity index (χ1) is 14.1. The molecule has 4 rings (SSSR count). The largest absolute Gasteiger partial charge is 0.348 e.